The first-order chi connectivity index (χ1) is 12.2. The Morgan fingerprint density at radius 1 is 1.11 bits per heavy atom. The molecule has 27 heavy (non-hydrogen) atoms. The van der Waals surface area contributed by atoms with Gasteiger partial charge in [0.2, 0.25) is 0 Å². The average molecular weight is 394 g/mol. The number of ether oxygens (including phenoxy) is 1. The third kappa shape index (κ3) is 7.85. The number of carbonyl (C=O) groups excluding carboxylic acids is 2. The lowest BCUT2D eigenvalue weighted by atomic mass is 10.0. The zero-order valence-electron chi connectivity index (χ0n) is 18.0. The zero-order chi connectivity index (χ0) is 20.9. The van der Waals surface area contributed by atoms with Gasteiger partial charge < -0.3 is 19.3 Å². The smallest absolute Gasteiger partial charge is 0.407 e. The molecule has 1 N–H and O–H groups in total. The SMILES string of the molecule is CC(C)(C)OC(=O)N[C@@H](Cc1ccccc1)[C@H](C=O)O[Si](C)(C)C(C)(C)C. The quantitative estimate of drug-likeness (QED) is 0.538. The molecule has 0 aliphatic carbocycles. The number of nitrogens with one attached hydrogen (secondary N) is 1. The van der Waals surface area contributed by atoms with Crippen LogP contribution < -0.4 is 5.32 Å². The molecule has 1 amide bonds. The minimum Gasteiger partial charge on any atom is -0.444 e. The van der Waals surface area contributed by atoms with Gasteiger partial charge in [0.15, 0.2) is 8.32 Å². The number of amides is 1. The van der Waals surface area contributed by atoms with Gasteiger partial charge in [-0.15, -0.1) is 0 Å². The molecule has 0 heterocycles. The first-order valence-electron chi connectivity index (χ1n) is 9.42. The van der Waals surface area contributed by atoms with E-state index >= 15 is 0 Å². The van der Waals surface area contributed by atoms with Crippen LogP contribution in [0.1, 0.15) is 47.1 Å². The maximum Gasteiger partial charge on any atom is 0.407 e. The van der Waals surface area contributed by atoms with Gasteiger partial charge in [-0.1, -0.05) is 51.1 Å². The molecule has 0 saturated carbocycles. The second-order valence-corrected chi connectivity index (χ2v) is 14.2. The Morgan fingerprint density at radius 2 is 1.67 bits per heavy atom. The summed E-state index contributed by atoms with van der Waals surface area (Å²) in [5.74, 6) is 0. The van der Waals surface area contributed by atoms with E-state index in [1.165, 1.54) is 0 Å². The van der Waals surface area contributed by atoms with Crippen molar-refractivity contribution < 1.29 is 18.8 Å². The van der Waals surface area contributed by atoms with Gasteiger partial charge in [0.05, 0.1) is 6.04 Å². The van der Waals surface area contributed by atoms with E-state index in [1.54, 1.807) is 0 Å². The Labute approximate surface area is 165 Å². The molecule has 0 fully saturated rings. The second-order valence-electron chi connectivity index (χ2n) is 9.42. The molecule has 6 heteroatoms. The normalized spacial score (nSPS) is 15.0. The van der Waals surface area contributed by atoms with Gasteiger partial charge in [0.25, 0.3) is 0 Å². The van der Waals surface area contributed by atoms with Gasteiger partial charge in [-0.05, 0) is 50.9 Å². The largest absolute Gasteiger partial charge is 0.444 e. The first-order valence-corrected chi connectivity index (χ1v) is 12.3. The fraction of sp³-hybridized carbons (Fsp3) is 0.619. The first kappa shape index (κ1) is 23.4. The van der Waals surface area contributed by atoms with Crippen LogP contribution in [0.3, 0.4) is 0 Å². The summed E-state index contributed by atoms with van der Waals surface area (Å²) in [7, 11) is -2.19. The van der Waals surface area contributed by atoms with Crippen molar-refractivity contribution in [2.75, 3.05) is 0 Å². The fourth-order valence-electron chi connectivity index (χ4n) is 2.30. The predicted molar refractivity (Wildman–Crippen MR) is 111 cm³/mol. The molecule has 0 aromatic heterocycles. The third-order valence-corrected chi connectivity index (χ3v) is 9.24. The number of aldehydes is 1. The summed E-state index contributed by atoms with van der Waals surface area (Å²) in [6, 6.07) is 9.24. The van der Waals surface area contributed by atoms with Crippen molar-refractivity contribution in [2.24, 2.45) is 0 Å². The summed E-state index contributed by atoms with van der Waals surface area (Å²) in [5.41, 5.74) is 0.405. The highest BCUT2D eigenvalue weighted by Gasteiger charge is 2.41. The molecule has 0 saturated heterocycles. The van der Waals surface area contributed by atoms with Gasteiger partial charge in [-0.3, -0.25) is 0 Å². The van der Waals surface area contributed by atoms with Gasteiger partial charge in [-0.2, -0.15) is 0 Å². The van der Waals surface area contributed by atoms with E-state index in [1.807, 2.05) is 51.1 Å². The molecule has 5 nitrogen and oxygen atoms in total. The van der Waals surface area contributed by atoms with Crippen molar-refractivity contribution >= 4 is 20.7 Å². The summed E-state index contributed by atoms with van der Waals surface area (Å²) < 4.78 is 11.7. The van der Waals surface area contributed by atoms with Crippen molar-refractivity contribution in [1.82, 2.24) is 5.32 Å². The Morgan fingerprint density at radius 3 is 2.11 bits per heavy atom. The van der Waals surface area contributed by atoms with Gasteiger partial charge in [0, 0.05) is 0 Å². The fourth-order valence-corrected chi connectivity index (χ4v) is 3.55. The average Bonchev–Trinajstić information content (AvgIpc) is 2.50. The van der Waals surface area contributed by atoms with Crippen molar-refractivity contribution in [2.45, 2.75) is 83.8 Å². The van der Waals surface area contributed by atoms with Crippen molar-refractivity contribution in [1.29, 1.82) is 0 Å². The number of alkyl carbamates (subject to hydrolysis) is 1. The number of benzene rings is 1. The van der Waals surface area contributed by atoms with E-state index < -0.39 is 32.2 Å². The third-order valence-electron chi connectivity index (χ3n) is 4.77. The summed E-state index contributed by atoms with van der Waals surface area (Å²) in [6.07, 6.45) is -0.00318. The van der Waals surface area contributed by atoms with Crippen LogP contribution >= 0.6 is 0 Å². The van der Waals surface area contributed by atoms with E-state index in [2.05, 4.69) is 39.2 Å². The maximum atomic E-state index is 12.3. The van der Waals surface area contributed by atoms with Crippen LogP contribution in [0.15, 0.2) is 30.3 Å². The van der Waals surface area contributed by atoms with Crippen molar-refractivity contribution in [3.63, 3.8) is 0 Å². The molecular weight excluding hydrogens is 358 g/mol. The molecule has 1 rings (SSSR count). The Bertz CT molecular complexity index is 617. The summed E-state index contributed by atoms with van der Waals surface area (Å²) >= 11 is 0. The van der Waals surface area contributed by atoms with Gasteiger partial charge in [-0.25, -0.2) is 4.79 Å². The lowest BCUT2D eigenvalue weighted by molar-refractivity contribution is -0.115. The predicted octanol–water partition coefficient (Wildman–Crippen LogP) is 4.71. The Hall–Kier alpha value is -1.66. The minimum absolute atomic E-state index is 0.0442. The molecular formula is C21H35NO4Si. The van der Waals surface area contributed by atoms with Crippen LogP contribution in [0.2, 0.25) is 18.1 Å². The molecule has 2 atom stereocenters. The molecule has 152 valence electrons. The number of carbonyl (C=O) groups is 2. The van der Waals surface area contributed by atoms with E-state index in [-0.39, 0.29) is 5.04 Å². The van der Waals surface area contributed by atoms with Crippen LogP contribution in [-0.4, -0.2) is 38.4 Å². The van der Waals surface area contributed by atoms with E-state index in [0.717, 1.165) is 11.8 Å². The Balaban J connectivity index is 3.06. The molecule has 0 bridgehead atoms. The number of rotatable bonds is 7. The van der Waals surface area contributed by atoms with Gasteiger partial charge in [0.1, 0.15) is 18.0 Å². The molecule has 0 spiro atoms. The monoisotopic (exact) mass is 393 g/mol. The van der Waals surface area contributed by atoms with E-state index in [9.17, 15) is 9.59 Å². The molecule has 1 aromatic rings. The summed E-state index contributed by atoms with van der Waals surface area (Å²) in [4.78, 5) is 24.3. The molecule has 0 unspecified atom stereocenters. The zero-order valence-corrected chi connectivity index (χ0v) is 19.0. The van der Waals surface area contributed by atoms with Crippen LogP contribution in [0.5, 0.6) is 0 Å². The topological polar surface area (TPSA) is 64.6 Å². The van der Waals surface area contributed by atoms with Crippen LogP contribution in [0.4, 0.5) is 4.79 Å². The van der Waals surface area contributed by atoms with Crippen molar-refractivity contribution in [3.8, 4) is 0 Å². The maximum absolute atomic E-state index is 12.3. The summed E-state index contributed by atoms with van der Waals surface area (Å²) in [5, 5.41) is 2.81. The lowest BCUT2D eigenvalue weighted by Crippen LogP contribution is -2.53. The van der Waals surface area contributed by atoms with Crippen LogP contribution in [-0.2, 0) is 20.4 Å². The minimum atomic E-state index is -2.19. The standard InChI is InChI=1S/C21H35NO4Si/c1-20(2,3)25-19(24)22-17(14-16-12-10-9-11-13-16)18(15-23)26-27(7,8)21(4,5)6/h9-13,15,17-18H,14H2,1-8H3,(H,22,24)/t17-,18-/m0/s1. The molecule has 0 aliphatic heterocycles. The van der Waals surface area contributed by atoms with E-state index in [4.69, 9.17) is 9.16 Å². The Kier molecular flexibility index (Phi) is 7.81. The van der Waals surface area contributed by atoms with Gasteiger partial charge >= 0.3 is 6.09 Å². The highest BCUT2D eigenvalue weighted by molar-refractivity contribution is 6.74. The number of hydrogen-bond acceptors (Lipinski definition) is 4. The highest BCUT2D eigenvalue weighted by atomic mass is 28.4. The van der Waals surface area contributed by atoms with E-state index in [0.29, 0.717) is 6.42 Å². The van der Waals surface area contributed by atoms with Crippen molar-refractivity contribution in [3.05, 3.63) is 35.9 Å². The number of hydrogen-bond donors (Lipinski definition) is 1. The molecule has 0 radical (unpaired) electrons. The summed E-state index contributed by atoms with van der Waals surface area (Å²) in [6.45, 7) is 16.0. The molecule has 0 aliphatic rings. The van der Waals surface area contributed by atoms with Crippen LogP contribution in [0, 0.1) is 0 Å². The molecule has 1 aromatic carbocycles. The van der Waals surface area contributed by atoms with Crippen LogP contribution in [0.25, 0.3) is 0 Å². The highest BCUT2D eigenvalue weighted by Crippen LogP contribution is 2.37. The lowest BCUT2D eigenvalue weighted by Gasteiger charge is -2.40. The second kappa shape index (κ2) is 9.02.